The molecule has 1 aliphatic heterocycles. The van der Waals surface area contributed by atoms with E-state index in [0.717, 1.165) is 17.7 Å². The molecule has 33 heavy (non-hydrogen) atoms. The second-order valence-corrected chi connectivity index (χ2v) is 7.11. The summed E-state index contributed by atoms with van der Waals surface area (Å²) in [4.78, 5) is 50.3. The molecule has 4 amide bonds. The molecule has 1 heterocycles. The molecule has 0 atom stereocenters. The summed E-state index contributed by atoms with van der Waals surface area (Å²) in [5.41, 5.74) is 0.740. The van der Waals surface area contributed by atoms with Crippen molar-refractivity contribution in [2.24, 2.45) is 0 Å². The van der Waals surface area contributed by atoms with Crippen LogP contribution in [0.25, 0.3) is 6.08 Å². The predicted octanol–water partition coefficient (Wildman–Crippen LogP) is 3.33. The molecule has 9 heteroatoms. The van der Waals surface area contributed by atoms with Crippen LogP contribution in [-0.2, 0) is 14.3 Å². The smallest absolute Gasteiger partial charge is 0.337 e. The highest BCUT2D eigenvalue weighted by Gasteiger charge is 2.36. The van der Waals surface area contributed by atoms with E-state index in [1.54, 1.807) is 18.2 Å². The van der Waals surface area contributed by atoms with Gasteiger partial charge in [0.05, 0.1) is 32.1 Å². The quantitative estimate of drug-likeness (QED) is 0.283. The molecule has 1 saturated heterocycles. The molecule has 3 rings (SSSR count). The molecule has 0 spiro atoms. The number of carbonyl (C=O) groups excluding carboxylic acids is 4. The zero-order valence-electron chi connectivity index (χ0n) is 18.5. The molecule has 0 unspecified atom stereocenters. The van der Waals surface area contributed by atoms with E-state index in [4.69, 9.17) is 9.47 Å². The van der Waals surface area contributed by atoms with Crippen LogP contribution in [0, 0.1) is 0 Å². The van der Waals surface area contributed by atoms with E-state index in [1.807, 2.05) is 0 Å². The minimum atomic E-state index is -0.884. The largest absolute Gasteiger partial charge is 0.493 e. The van der Waals surface area contributed by atoms with Crippen molar-refractivity contribution >= 4 is 35.6 Å². The number of hydrogen-bond acceptors (Lipinski definition) is 7. The van der Waals surface area contributed by atoms with Gasteiger partial charge in [-0.3, -0.25) is 14.9 Å². The highest BCUT2D eigenvalue weighted by molar-refractivity contribution is 6.39. The van der Waals surface area contributed by atoms with Crippen molar-refractivity contribution in [1.82, 2.24) is 5.32 Å². The molecular formula is C24H24N2O7. The number of benzene rings is 2. The monoisotopic (exact) mass is 452 g/mol. The Bertz CT molecular complexity index is 1110. The lowest BCUT2D eigenvalue weighted by Crippen LogP contribution is -2.54. The number of nitrogens with zero attached hydrogens (tertiary/aromatic N) is 1. The fourth-order valence-corrected chi connectivity index (χ4v) is 3.14. The number of unbranched alkanes of at least 4 members (excludes halogenated alkanes) is 1. The zero-order chi connectivity index (χ0) is 24.0. The van der Waals surface area contributed by atoms with Crippen molar-refractivity contribution in [3.05, 3.63) is 59.2 Å². The average molecular weight is 452 g/mol. The third-order valence-electron chi connectivity index (χ3n) is 4.90. The van der Waals surface area contributed by atoms with E-state index in [2.05, 4.69) is 17.0 Å². The molecule has 9 nitrogen and oxygen atoms in total. The maximum Gasteiger partial charge on any atom is 0.337 e. The summed E-state index contributed by atoms with van der Waals surface area (Å²) in [6.45, 7) is 2.60. The maximum atomic E-state index is 13.1. The van der Waals surface area contributed by atoms with Gasteiger partial charge in [0, 0.05) is 0 Å². The Hall–Kier alpha value is -4.14. The van der Waals surface area contributed by atoms with E-state index < -0.39 is 23.8 Å². The van der Waals surface area contributed by atoms with Crippen molar-refractivity contribution in [3.63, 3.8) is 0 Å². The molecule has 1 fully saturated rings. The van der Waals surface area contributed by atoms with Crippen LogP contribution in [0.15, 0.2) is 48.0 Å². The number of carbonyl (C=O) groups is 4. The van der Waals surface area contributed by atoms with Gasteiger partial charge in [-0.1, -0.05) is 19.4 Å². The summed E-state index contributed by atoms with van der Waals surface area (Å²) in [5, 5.41) is 2.16. The predicted molar refractivity (Wildman–Crippen MR) is 120 cm³/mol. The van der Waals surface area contributed by atoms with Gasteiger partial charge in [-0.2, -0.15) is 0 Å². The Kier molecular flexibility index (Phi) is 7.45. The van der Waals surface area contributed by atoms with Gasteiger partial charge in [0.1, 0.15) is 5.57 Å². The molecule has 2 aromatic carbocycles. The Labute approximate surface area is 190 Å². The van der Waals surface area contributed by atoms with E-state index in [9.17, 15) is 19.2 Å². The molecule has 0 bridgehead atoms. The number of hydrogen-bond donors (Lipinski definition) is 1. The number of ether oxygens (including phenoxy) is 3. The second kappa shape index (κ2) is 10.4. The molecule has 2 aromatic rings. The Morgan fingerprint density at radius 1 is 1.03 bits per heavy atom. The molecule has 0 aromatic heterocycles. The van der Waals surface area contributed by atoms with Crippen molar-refractivity contribution in [2.75, 3.05) is 25.7 Å². The first-order chi connectivity index (χ1) is 15.9. The molecule has 0 saturated carbocycles. The van der Waals surface area contributed by atoms with Gasteiger partial charge in [-0.15, -0.1) is 0 Å². The first-order valence-electron chi connectivity index (χ1n) is 10.3. The highest BCUT2D eigenvalue weighted by atomic mass is 16.5. The van der Waals surface area contributed by atoms with Crippen LogP contribution in [0.3, 0.4) is 0 Å². The van der Waals surface area contributed by atoms with Gasteiger partial charge < -0.3 is 14.2 Å². The van der Waals surface area contributed by atoms with Crippen molar-refractivity contribution < 1.29 is 33.4 Å². The summed E-state index contributed by atoms with van der Waals surface area (Å²) < 4.78 is 15.7. The second-order valence-electron chi connectivity index (χ2n) is 7.11. The summed E-state index contributed by atoms with van der Waals surface area (Å²) in [6.07, 6.45) is 3.26. The lowest BCUT2D eigenvalue weighted by atomic mass is 10.1. The molecule has 172 valence electrons. The fourth-order valence-electron chi connectivity index (χ4n) is 3.14. The van der Waals surface area contributed by atoms with Gasteiger partial charge in [0.2, 0.25) is 0 Å². The Morgan fingerprint density at radius 3 is 2.39 bits per heavy atom. The Morgan fingerprint density at radius 2 is 1.76 bits per heavy atom. The van der Waals surface area contributed by atoms with Crippen LogP contribution in [0.4, 0.5) is 10.5 Å². The van der Waals surface area contributed by atoms with E-state index in [0.29, 0.717) is 23.7 Å². The minimum absolute atomic E-state index is 0.195. The third-order valence-corrected chi connectivity index (χ3v) is 4.90. The van der Waals surface area contributed by atoms with Crippen LogP contribution in [-0.4, -0.2) is 44.6 Å². The van der Waals surface area contributed by atoms with Gasteiger partial charge in [0.15, 0.2) is 11.5 Å². The number of barbiturate groups is 1. The van der Waals surface area contributed by atoms with Crippen molar-refractivity contribution in [3.8, 4) is 11.5 Å². The van der Waals surface area contributed by atoms with Crippen molar-refractivity contribution in [1.29, 1.82) is 0 Å². The standard InChI is InChI=1S/C24H24N2O7/c1-4-5-12-33-19-11-6-15(14-20(19)31-2)13-18-21(27)25-24(30)26(22(18)28)17-9-7-16(8-10-17)23(29)32-3/h6-11,13-14H,4-5,12H2,1-3H3,(H,25,27,30). The third kappa shape index (κ3) is 5.20. The number of anilines is 1. The van der Waals surface area contributed by atoms with Crippen LogP contribution < -0.4 is 19.7 Å². The summed E-state index contributed by atoms with van der Waals surface area (Å²) in [5.74, 6) is -1.15. The maximum absolute atomic E-state index is 13.1. The van der Waals surface area contributed by atoms with Gasteiger partial charge in [-0.25, -0.2) is 14.5 Å². The number of rotatable bonds is 8. The van der Waals surface area contributed by atoms with Crippen molar-refractivity contribution in [2.45, 2.75) is 19.8 Å². The Balaban J connectivity index is 1.89. The number of methoxy groups -OCH3 is 2. The number of imide groups is 2. The van der Waals surface area contributed by atoms with E-state index >= 15 is 0 Å². The normalized spacial score (nSPS) is 14.8. The zero-order valence-corrected chi connectivity index (χ0v) is 18.5. The van der Waals surface area contributed by atoms with Crippen LogP contribution in [0.2, 0.25) is 0 Å². The molecule has 0 aliphatic carbocycles. The number of urea groups is 1. The number of esters is 1. The van der Waals surface area contributed by atoms with Crippen LogP contribution in [0.5, 0.6) is 11.5 Å². The van der Waals surface area contributed by atoms with E-state index in [1.165, 1.54) is 44.6 Å². The fraction of sp³-hybridized carbons (Fsp3) is 0.250. The van der Waals surface area contributed by atoms with Crippen LogP contribution in [0.1, 0.15) is 35.7 Å². The van der Waals surface area contributed by atoms with Gasteiger partial charge >= 0.3 is 12.0 Å². The average Bonchev–Trinajstić information content (AvgIpc) is 2.82. The summed E-state index contributed by atoms with van der Waals surface area (Å²) >= 11 is 0. The highest BCUT2D eigenvalue weighted by Crippen LogP contribution is 2.30. The number of amides is 4. The molecule has 1 aliphatic rings. The first-order valence-corrected chi connectivity index (χ1v) is 10.3. The number of nitrogens with one attached hydrogen (secondary N) is 1. The summed E-state index contributed by atoms with van der Waals surface area (Å²) in [6, 6.07) is 9.81. The summed E-state index contributed by atoms with van der Waals surface area (Å²) in [7, 11) is 2.75. The molecular weight excluding hydrogens is 428 g/mol. The van der Waals surface area contributed by atoms with E-state index in [-0.39, 0.29) is 16.8 Å². The minimum Gasteiger partial charge on any atom is -0.493 e. The first kappa shape index (κ1) is 23.5. The topological polar surface area (TPSA) is 111 Å². The molecule has 0 radical (unpaired) electrons. The lowest BCUT2D eigenvalue weighted by molar-refractivity contribution is -0.122. The molecule has 1 N–H and O–H groups in total. The SMILES string of the molecule is CCCCOc1ccc(C=C2C(=O)NC(=O)N(c3ccc(C(=O)OC)cc3)C2=O)cc1OC. The van der Waals surface area contributed by atoms with Gasteiger partial charge in [-0.05, 0) is 54.5 Å². The van der Waals surface area contributed by atoms with Crippen LogP contribution >= 0.6 is 0 Å². The lowest BCUT2D eigenvalue weighted by Gasteiger charge is -2.26. The van der Waals surface area contributed by atoms with Gasteiger partial charge in [0.25, 0.3) is 11.8 Å².